The number of aldehydes is 1. The Hall–Kier alpha value is -2.51. The maximum Gasteiger partial charge on any atom is 0.150 e. The first kappa shape index (κ1) is 12.5. The average molecular weight is 278 g/mol. The van der Waals surface area contributed by atoms with Crippen LogP contribution in [0.5, 0.6) is 0 Å². The Balaban J connectivity index is 1.98. The molecule has 1 N–H and O–H groups in total. The monoisotopic (exact) mass is 278 g/mol. The van der Waals surface area contributed by atoms with E-state index < -0.39 is 0 Å². The van der Waals surface area contributed by atoms with Gasteiger partial charge in [0.25, 0.3) is 0 Å². The van der Waals surface area contributed by atoms with Gasteiger partial charge in [-0.25, -0.2) is 0 Å². The van der Waals surface area contributed by atoms with Crippen LogP contribution in [-0.2, 0) is 0 Å². The zero-order chi connectivity index (χ0) is 13.9. The molecule has 20 heavy (non-hydrogen) atoms. The van der Waals surface area contributed by atoms with Crippen LogP contribution >= 0.6 is 11.8 Å². The van der Waals surface area contributed by atoms with Gasteiger partial charge in [0.1, 0.15) is 12.4 Å². The quantitative estimate of drug-likeness (QED) is 0.737. The molecule has 0 unspecified atom stereocenters. The topological polar surface area (TPSA) is 56.6 Å². The van der Waals surface area contributed by atoms with E-state index in [-0.39, 0.29) is 0 Å². The molecule has 0 saturated carbocycles. The second-order valence-corrected chi connectivity index (χ2v) is 5.39. The van der Waals surface area contributed by atoms with E-state index in [0.29, 0.717) is 11.1 Å². The SMILES string of the molecule is N#Cc1cc(C=O)ccc1Sc1cc2ccccc2[nH]1. The number of benzene rings is 2. The van der Waals surface area contributed by atoms with Gasteiger partial charge >= 0.3 is 0 Å². The summed E-state index contributed by atoms with van der Waals surface area (Å²) in [6.45, 7) is 0. The Bertz CT molecular complexity index is 797. The summed E-state index contributed by atoms with van der Waals surface area (Å²) in [6.07, 6.45) is 0.748. The van der Waals surface area contributed by atoms with Crippen LogP contribution in [0.2, 0.25) is 0 Å². The first-order valence-electron chi connectivity index (χ1n) is 6.05. The molecular formula is C16H10N2OS. The molecule has 0 spiro atoms. The number of H-pyrrole nitrogens is 1. The highest BCUT2D eigenvalue weighted by molar-refractivity contribution is 7.99. The molecule has 3 nitrogen and oxygen atoms in total. The van der Waals surface area contributed by atoms with Crippen LogP contribution in [0, 0.1) is 11.3 Å². The molecule has 96 valence electrons. The second kappa shape index (κ2) is 5.24. The third-order valence-corrected chi connectivity index (χ3v) is 4.00. The van der Waals surface area contributed by atoms with Crippen LogP contribution in [0.1, 0.15) is 15.9 Å². The minimum Gasteiger partial charge on any atom is -0.349 e. The number of nitrogens with zero attached hydrogens (tertiary/aromatic N) is 1. The first-order chi connectivity index (χ1) is 9.80. The molecule has 0 saturated heterocycles. The van der Waals surface area contributed by atoms with Crippen LogP contribution in [0.25, 0.3) is 10.9 Å². The number of aromatic amines is 1. The highest BCUT2D eigenvalue weighted by Crippen LogP contribution is 2.32. The summed E-state index contributed by atoms with van der Waals surface area (Å²) in [4.78, 5) is 14.9. The normalized spacial score (nSPS) is 10.3. The Morgan fingerprint density at radius 3 is 2.75 bits per heavy atom. The van der Waals surface area contributed by atoms with Crippen molar-refractivity contribution in [3.8, 4) is 6.07 Å². The second-order valence-electron chi connectivity index (χ2n) is 4.31. The molecule has 0 bridgehead atoms. The van der Waals surface area contributed by atoms with Crippen LogP contribution in [0.15, 0.2) is 58.5 Å². The van der Waals surface area contributed by atoms with Crippen molar-refractivity contribution in [2.24, 2.45) is 0 Å². The van der Waals surface area contributed by atoms with Crippen LogP contribution in [0.4, 0.5) is 0 Å². The van der Waals surface area contributed by atoms with Gasteiger partial charge in [0.05, 0.1) is 10.6 Å². The van der Waals surface area contributed by atoms with Gasteiger partial charge < -0.3 is 4.98 Å². The molecule has 0 fully saturated rings. The van der Waals surface area contributed by atoms with Crippen molar-refractivity contribution >= 4 is 29.0 Å². The van der Waals surface area contributed by atoms with Crippen molar-refractivity contribution < 1.29 is 4.79 Å². The summed E-state index contributed by atoms with van der Waals surface area (Å²) in [6, 6.07) is 17.3. The lowest BCUT2D eigenvalue weighted by Gasteiger charge is -2.02. The summed E-state index contributed by atoms with van der Waals surface area (Å²) in [5, 5.41) is 11.3. The predicted molar refractivity (Wildman–Crippen MR) is 79.0 cm³/mol. The molecule has 1 aromatic heterocycles. The largest absolute Gasteiger partial charge is 0.349 e. The van der Waals surface area contributed by atoms with Crippen molar-refractivity contribution in [2.45, 2.75) is 9.92 Å². The number of nitrogens with one attached hydrogen (secondary N) is 1. The molecule has 1 heterocycles. The molecule has 0 aliphatic rings. The smallest absolute Gasteiger partial charge is 0.150 e. The Labute approximate surface area is 120 Å². The molecular weight excluding hydrogens is 268 g/mol. The number of hydrogen-bond acceptors (Lipinski definition) is 3. The summed E-state index contributed by atoms with van der Waals surface area (Å²) in [7, 11) is 0. The fourth-order valence-electron chi connectivity index (χ4n) is 2.02. The fraction of sp³-hybridized carbons (Fsp3) is 0. The zero-order valence-corrected chi connectivity index (χ0v) is 11.3. The minimum atomic E-state index is 0.512. The maximum atomic E-state index is 10.7. The van der Waals surface area contributed by atoms with Gasteiger partial charge in [-0.05, 0) is 24.3 Å². The number of carbonyl (C=O) groups excluding carboxylic acids is 1. The number of aromatic nitrogens is 1. The summed E-state index contributed by atoms with van der Waals surface area (Å²) < 4.78 is 0. The lowest BCUT2D eigenvalue weighted by Crippen LogP contribution is -1.86. The Kier molecular flexibility index (Phi) is 3.28. The van der Waals surface area contributed by atoms with Crippen molar-refractivity contribution in [3.63, 3.8) is 0 Å². The minimum absolute atomic E-state index is 0.512. The van der Waals surface area contributed by atoms with Crippen LogP contribution < -0.4 is 0 Å². The van der Waals surface area contributed by atoms with E-state index in [0.717, 1.165) is 27.1 Å². The van der Waals surface area contributed by atoms with Gasteiger partial charge in [0.2, 0.25) is 0 Å². The lowest BCUT2D eigenvalue weighted by atomic mass is 10.1. The Morgan fingerprint density at radius 2 is 2.00 bits per heavy atom. The highest BCUT2D eigenvalue weighted by atomic mass is 32.2. The van der Waals surface area contributed by atoms with E-state index in [1.54, 1.807) is 18.2 Å². The molecule has 3 rings (SSSR count). The first-order valence-corrected chi connectivity index (χ1v) is 6.87. The predicted octanol–water partition coefficient (Wildman–Crippen LogP) is 4.00. The lowest BCUT2D eigenvalue weighted by molar-refractivity contribution is 0.112. The van der Waals surface area contributed by atoms with Gasteiger partial charge in [0.15, 0.2) is 0 Å². The summed E-state index contributed by atoms with van der Waals surface area (Å²) in [5.74, 6) is 0. The number of rotatable bonds is 3. The highest BCUT2D eigenvalue weighted by Gasteiger charge is 2.07. The number of carbonyl (C=O) groups is 1. The molecule has 0 amide bonds. The van der Waals surface area contributed by atoms with E-state index in [9.17, 15) is 4.79 Å². The molecule has 0 aliphatic carbocycles. The molecule has 0 radical (unpaired) electrons. The molecule has 2 aromatic carbocycles. The number of hydrogen-bond donors (Lipinski definition) is 1. The zero-order valence-electron chi connectivity index (χ0n) is 10.5. The number of para-hydroxylation sites is 1. The molecule has 0 aliphatic heterocycles. The average Bonchev–Trinajstić information content (AvgIpc) is 2.90. The van der Waals surface area contributed by atoms with E-state index >= 15 is 0 Å². The third kappa shape index (κ3) is 2.31. The standard InChI is InChI=1S/C16H10N2OS/c17-9-13-7-11(10-19)5-6-15(13)20-16-8-12-3-1-2-4-14(12)18-16/h1-8,10,18H. The molecule has 0 atom stereocenters. The summed E-state index contributed by atoms with van der Waals surface area (Å²) in [5.41, 5.74) is 2.10. The van der Waals surface area contributed by atoms with Gasteiger partial charge in [-0.15, -0.1) is 0 Å². The Morgan fingerprint density at radius 1 is 1.15 bits per heavy atom. The van der Waals surface area contributed by atoms with Crippen molar-refractivity contribution in [2.75, 3.05) is 0 Å². The van der Waals surface area contributed by atoms with Crippen molar-refractivity contribution in [1.29, 1.82) is 5.26 Å². The van der Waals surface area contributed by atoms with Crippen LogP contribution in [0.3, 0.4) is 0 Å². The number of fused-ring (bicyclic) bond motifs is 1. The fourth-order valence-corrected chi connectivity index (χ4v) is 2.95. The molecule has 3 aromatic rings. The van der Waals surface area contributed by atoms with Crippen LogP contribution in [-0.4, -0.2) is 11.3 Å². The summed E-state index contributed by atoms with van der Waals surface area (Å²) >= 11 is 1.49. The maximum absolute atomic E-state index is 10.7. The van der Waals surface area contributed by atoms with Gasteiger partial charge in [-0.3, -0.25) is 4.79 Å². The molecule has 4 heteroatoms. The third-order valence-electron chi connectivity index (χ3n) is 2.99. The van der Waals surface area contributed by atoms with E-state index in [4.69, 9.17) is 5.26 Å². The van der Waals surface area contributed by atoms with Gasteiger partial charge in [0, 0.05) is 21.4 Å². The van der Waals surface area contributed by atoms with E-state index in [1.165, 1.54) is 11.8 Å². The van der Waals surface area contributed by atoms with E-state index in [1.807, 2.05) is 24.3 Å². The number of nitriles is 1. The van der Waals surface area contributed by atoms with Crippen molar-refractivity contribution in [1.82, 2.24) is 4.98 Å². The van der Waals surface area contributed by atoms with Gasteiger partial charge in [-0.1, -0.05) is 36.0 Å². The van der Waals surface area contributed by atoms with Gasteiger partial charge in [-0.2, -0.15) is 5.26 Å². The van der Waals surface area contributed by atoms with E-state index in [2.05, 4.69) is 17.1 Å². The van der Waals surface area contributed by atoms with Crippen molar-refractivity contribution in [3.05, 3.63) is 59.7 Å².